The predicted octanol–water partition coefficient (Wildman–Crippen LogP) is 0.127. The van der Waals surface area contributed by atoms with Crippen molar-refractivity contribution in [1.82, 2.24) is 14.9 Å². The number of sulfonamides is 1. The van der Waals surface area contributed by atoms with Crippen molar-refractivity contribution < 1.29 is 22.7 Å². The lowest BCUT2D eigenvalue weighted by atomic mass is 10.2. The van der Waals surface area contributed by atoms with Gasteiger partial charge in [0.05, 0.1) is 18.0 Å². The highest BCUT2D eigenvalue weighted by Gasteiger charge is 2.35. The van der Waals surface area contributed by atoms with Crippen molar-refractivity contribution >= 4 is 21.8 Å². The molecule has 1 aromatic rings. The first kappa shape index (κ1) is 18.8. The van der Waals surface area contributed by atoms with E-state index in [-0.39, 0.29) is 17.5 Å². The van der Waals surface area contributed by atoms with Crippen LogP contribution in [0.5, 0.6) is 0 Å². The normalized spacial score (nSPS) is 21.2. The molecule has 2 amide bonds. The lowest BCUT2D eigenvalue weighted by molar-refractivity contribution is -0.140. The number of hydrogen-bond donors (Lipinski definition) is 2. The summed E-state index contributed by atoms with van der Waals surface area (Å²) in [6.45, 7) is 2.49. The predicted molar refractivity (Wildman–Crippen MR) is 93.6 cm³/mol. The van der Waals surface area contributed by atoms with Gasteiger partial charge in [-0.3, -0.25) is 9.59 Å². The molecule has 0 bridgehead atoms. The maximum absolute atomic E-state index is 12.9. The fraction of sp³-hybridized carbons (Fsp3) is 0.529. The molecule has 3 rings (SSSR count). The van der Waals surface area contributed by atoms with E-state index < -0.39 is 28.1 Å². The molecular weight excluding hydrogens is 358 g/mol. The molecule has 1 aromatic carbocycles. The molecular formula is C17H23N3O5S. The highest BCUT2D eigenvalue weighted by molar-refractivity contribution is 7.89. The Morgan fingerprint density at radius 2 is 1.88 bits per heavy atom. The van der Waals surface area contributed by atoms with Gasteiger partial charge in [-0.05, 0) is 38.3 Å². The molecule has 2 fully saturated rings. The lowest BCUT2D eigenvalue weighted by Crippen LogP contribution is -2.53. The average molecular weight is 381 g/mol. The molecule has 2 N–H and O–H groups in total. The number of aryl methyl sites for hydroxylation is 1. The van der Waals surface area contributed by atoms with Crippen LogP contribution in [0.25, 0.3) is 0 Å². The second-order valence-electron chi connectivity index (χ2n) is 6.57. The molecule has 0 aromatic heterocycles. The van der Waals surface area contributed by atoms with E-state index in [1.165, 1.54) is 4.31 Å². The van der Waals surface area contributed by atoms with Crippen LogP contribution >= 0.6 is 0 Å². The van der Waals surface area contributed by atoms with Crippen LogP contribution in [0.3, 0.4) is 0 Å². The molecule has 26 heavy (non-hydrogen) atoms. The van der Waals surface area contributed by atoms with Crippen LogP contribution in [-0.4, -0.2) is 56.5 Å². The van der Waals surface area contributed by atoms with Gasteiger partial charge in [0.2, 0.25) is 10.0 Å². The second kappa shape index (κ2) is 7.73. The highest BCUT2D eigenvalue weighted by atomic mass is 32.2. The van der Waals surface area contributed by atoms with Crippen molar-refractivity contribution in [3.63, 3.8) is 0 Å². The van der Waals surface area contributed by atoms with Crippen molar-refractivity contribution in [1.29, 1.82) is 0 Å². The van der Waals surface area contributed by atoms with E-state index in [0.717, 1.165) is 18.4 Å². The SMILES string of the molecule is Cc1ccc(S(=O)(=O)N2CCCO[C@@H]2CNC(=O)C(=O)NC2CC2)cc1. The van der Waals surface area contributed by atoms with Crippen molar-refractivity contribution in [2.75, 3.05) is 19.7 Å². The van der Waals surface area contributed by atoms with Crippen molar-refractivity contribution in [3.8, 4) is 0 Å². The number of rotatable bonds is 5. The van der Waals surface area contributed by atoms with Gasteiger partial charge in [0.1, 0.15) is 6.23 Å². The zero-order valence-corrected chi connectivity index (χ0v) is 15.4. The number of nitrogens with zero attached hydrogens (tertiary/aromatic N) is 1. The van der Waals surface area contributed by atoms with E-state index in [2.05, 4.69) is 10.6 Å². The third-order valence-corrected chi connectivity index (χ3v) is 6.24. The quantitative estimate of drug-likeness (QED) is 0.706. The molecule has 1 aliphatic carbocycles. The minimum absolute atomic E-state index is 0.0811. The Labute approximate surface area is 152 Å². The first-order valence-electron chi connectivity index (χ1n) is 8.67. The number of benzene rings is 1. The number of carbonyl (C=O) groups excluding carboxylic acids is 2. The summed E-state index contributed by atoms with van der Waals surface area (Å²) in [4.78, 5) is 23.7. The Morgan fingerprint density at radius 1 is 1.19 bits per heavy atom. The number of carbonyl (C=O) groups is 2. The summed E-state index contributed by atoms with van der Waals surface area (Å²) in [5, 5.41) is 5.06. The van der Waals surface area contributed by atoms with Gasteiger partial charge in [-0.1, -0.05) is 17.7 Å². The van der Waals surface area contributed by atoms with E-state index in [1.54, 1.807) is 24.3 Å². The number of ether oxygens (including phenoxy) is 1. The summed E-state index contributed by atoms with van der Waals surface area (Å²) in [5.41, 5.74) is 0.962. The Balaban J connectivity index is 1.66. The maximum Gasteiger partial charge on any atom is 0.309 e. The van der Waals surface area contributed by atoms with Gasteiger partial charge in [0.25, 0.3) is 0 Å². The summed E-state index contributed by atoms with van der Waals surface area (Å²) < 4.78 is 32.6. The summed E-state index contributed by atoms with van der Waals surface area (Å²) in [7, 11) is -3.75. The van der Waals surface area contributed by atoms with E-state index in [1.807, 2.05) is 6.92 Å². The molecule has 0 radical (unpaired) electrons. The van der Waals surface area contributed by atoms with Gasteiger partial charge in [0, 0.05) is 12.6 Å². The lowest BCUT2D eigenvalue weighted by Gasteiger charge is -2.34. The average Bonchev–Trinajstić information content (AvgIpc) is 3.44. The minimum atomic E-state index is -3.75. The van der Waals surface area contributed by atoms with Gasteiger partial charge >= 0.3 is 11.8 Å². The largest absolute Gasteiger partial charge is 0.360 e. The fourth-order valence-electron chi connectivity index (χ4n) is 2.69. The number of hydrogen-bond acceptors (Lipinski definition) is 5. The summed E-state index contributed by atoms with van der Waals surface area (Å²) in [5.74, 6) is -1.48. The minimum Gasteiger partial charge on any atom is -0.360 e. The Kier molecular flexibility index (Phi) is 5.59. The topological polar surface area (TPSA) is 105 Å². The monoisotopic (exact) mass is 381 g/mol. The van der Waals surface area contributed by atoms with Gasteiger partial charge in [0.15, 0.2) is 0 Å². The van der Waals surface area contributed by atoms with Crippen molar-refractivity contribution in [2.45, 2.75) is 43.4 Å². The first-order chi connectivity index (χ1) is 12.4. The summed E-state index contributed by atoms with van der Waals surface area (Å²) in [6.07, 6.45) is 1.49. The molecule has 1 aliphatic heterocycles. The van der Waals surface area contributed by atoms with E-state index in [0.29, 0.717) is 19.6 Å². The Hall–Kier alpha value is -1.97. The molecule has 8 nitrogen and oxygen atoms in total. The van der Waals surface area contributed by atoms with E-state index in [9.17, 15) is 18.0 Å². The molecule has 2 aliphatic rings. The van der Waals surface area contributed by atoms with Crippen LogP contribution in [0.4, 0.5) is 0 Å². The van der Waals surface area contributed by atoms with Crippen LogP contribution in [0.1, 0.15) is 24.8 Å². The molecule has 1 heterocycles. The van der Waals surface area contributed by atoms with E-state index >= 15 is 0 Å². The smallest absolute Gasteiger partial charge is 0.309 e. The molecule has 0 unspecified atom stereocenters. The molecule has 0 spiro atoms. The van der Waals surface area contributed by atoms with Crippen molar-refractivity contribution in [3.05, 3.63) is 29.8 Å². The first-order valence-corrected chi connectivity index (χ1v) is 10.1. The van der Waals surface area contributed by atoms with Gasteiger partial charge in [-0.2, -0.15) is 4.31 Å². The molecule has 1 saturated heterocycles. The second-order valence-corrected chi connectivity index (χ2v) is 8.46. The van der Waals surface area contributed by atoms with Gasteiger partial charge < -0.3 is 15.4 Å². The highest BCUT2D eigenvalue weighted by Crippen LogP contribution is 2.22. The fourth-order valence-corrected chi connectivity index (χ4v) is 4.25. The maximum atomic E-state index is 12.9. The third-order valence-electron chi connectivity index (χ3n) is 4.34. The van der Waals surface area contributed by atoms with Gasteiger partial charge in [-0.15, -0.1) is 0 Å². The van der Waals surface area contributed by atoms with E-state index in [4.69, 9.17) is 4.74 Å². The van der Waals surface area contributed by atoms with Crippen molar-refractivity contribution in [2.24, 2.45) is 0 Å². The molecule has 1 saturated carbocycles. The zero-order valence-electron chi connectivity index (χ0n) is 14.6. The number of nitrogens with one attached hydrogen (secondary N) is 2. The summed E-state index contributed by atoms with van der Waals surface area (Å²) >= 11 is 0. The van der Waals surface area contributed by atoms with Crippen LogP contribution in [-0.2, 0) is 24.3 Å². The molecule has 9 heteroatoms. The van der Waals surface area contributed by atoms with Crippen LogP contribution in [0.15, 0.2) is 29.2 Å². The molecule has 1 atom stereocenters. The van der Waals surface area contributed by atoms with Gasteiger partial charge in [-0.25, -0.2) is 8.42 Å². The third kappa shape index (κ3) is 4.40. The summed E-state index contributed by atoms with van der Waals surface area (Å²) in [6, 6.07) is 6.65. The van der Waals surface area contributed by atoms with Crippen LogP contribution in [0.2, 0.25) is 0 Å². The zero-order chi connectivity index (χ0) is 18.7. The Morgan fingerprint density at radius 3 is 2.54 bits per heavy atom. The Bertz CT molecular complexity index is 774. The van der Waals surface area contributed by atoms with Crippen LogP contribution in [0, 0.1) is 6.92 Å². The number of amides is 2. The molecule has 142 valence electrons. The standard InChI is InChI=1S/C17H23N3O5S/c1-12-3-7-14(8-4-12)26(23,24)20-9-2-10-25-15(20)11-18-16(21)17(22)19-13-5-6-13/h3-4,7-8,13,15H,2,5-6,9-11H2,1H3,(H,18,21)(H,19,22)/t15-/m1/s1. The van der Waals surface area contributed by atoms with Crippen LogP contribution < -0.4 is 10.6 Å².